The summed E-state index contributed by atoms with van der Waals surface area (Å²) in [6, 6.07) is 0. The first-order valence-electron chi connectivity index (χ1n) is 5.11. The molecular weight excluding hydrogens is 239 g/mol. The molecule has 5 nitrogen and oxygen atoms in total. The number of unbranched alkanes of at least 4 members (excludes halogenated alkanes) is 3. The fraction of sp³-hybridized carbons (Fsp3) is 0.700. The molecule has 0 aliphatic carbocycles. The number of ether oxygens (including phenoxy) is 1. The first kappa shape index (κ1) is 19.1. The Morgan fingerprint density at radius 3 is 2.24 bits per heavy atom. The second kappa shape index (κ2) is 9.72. The zero-order valence-corrected chi connectivity index (χ0v) is 10.3. The van der Waals surface area contributed by atoms with Crippen LogP contribution < -0.4 is 0 Å². The maximum atomic E-state index is 10.9. The predicted octanol–water partition coefficient (Wildman–Crippen LogP) is 0.905. The molecule has 0 rings (SSSR count). The zero-order chi connectivity index (χ0) is 12.6. The topological polar surface area (TPSA) is 80.7 Å². The van der Waals surface area contributed by atoms with E-state index in [9.17, 15) is 13.2 Å². The molecule has 7 heteroatoms. The second-order valence-corrected chi connectivity index (χ2v) is 5.19. The van der Waals surface area contributed by atoms with Gasteiger partial charge in [0.15, 0.2) is 0 Å². The Labute approximate surface area is 115 Å². The molecule has 0 saturated carbocycles. The van der Waals surface area contributed by atoms with E-state index in [-0.39, 0.29) is 24.6 Å². The Balaban J connectivity index is 0. The van der Waals surface area contributed by atoms with Gasteiger partial charge in [-0.15, -0.1) is 0 Å². The van der Waals surface area contributed by atoms with Crippen LogP contribution in [-0.2, 0) is 19.6 Å². The molecule has 0 saturated heterocycles. The van der Waals surface area contributed by atoms with E-state index in [1.807, 2.05) is 0 Å². The van der Waals surface area contributed by atoms with Crippen molar-refractivity contribution in [3.63, 3.8) is 0 Å². The van der Waals surface area contributed by atoms with E-state index >= 15 is 0 Å². The summed E-state index contributed by atoms with van der Waals surface area (Å²) in [5.41, 5.74) is 0.367. The number of carbonyl (C=O) groups excluding carboxylic acids is 1. The maximum absolute atomic E-state index is 10.9. The molecule has 0 spiro atoms. The van der Waals surface area contributed by atoms with Crippen molar-refractivity contribution in [2.75, 3.05) is 12.4 Å². The Morgan fingerprint density at radius 1 is 1.24 bits per heavy atom. The van der Waals surface area contributed by atoms with Crippen LogP contribution in [0.25, 0.3) is 0 Å². The number of rotatable bonds is 8. The second-order valence-electron chi connectivity index (χ2n) is 3.62. The molecule has 0 aliphatic heterocycles. The summed E-state index contributed by atoms with van der Waals surface area (Å²) in [7, 11) is -3.84. The van der Waals surface area contributed by atoms with Gasteiger partial charge in [0.05, 0.1) is 12.4 Å². The van der Waals surface area contributed by atoms with Crippen LogP contribution in [0.5, 0.6) is 0 Å². The van der Waals surface area contributed by atoms with Gasteiger partial charge < -0.3 is 4.74 Å². The van der Waals surface area contributed by atoms with E-state index in [0.717, 1.165) is 6.42 Å². The first-order chi connectivity index (χ1) is 7.33. The summed E-state index contributed by atoms with van der Waals surface area (Å²) in [5, 5.41) is 0. The van der Waals surface area contributed by atoms with Crippen LogP contribution in [0.3, 0.4) is 0 Å². The molecule has 0 aromatic heterocycles. The Kier molecular flexibility index (Phi) is 10.9. The van der Waals surface area contributed by atoms with E-state index < -0.39 is 16.1 Å². The number of esters is 1. The minimum absolute atomic E-state index is 0. The van der Waals surface area contributed by atoms with Crippen molar-refractivity contribution in [1.82, 2.24) is 0 Å². The van der Waals surface area contributed by atoms with E-state index in [1.54, 1.807) is 6.92 Å². The Hall–Kier alpha value is -0.283. The van der Waals surface area contributed by atoms with Crippen LogP contribution in [0.1, 0.15) is 32.6 Å². The molecule has 0 fully saturated rings. The van der Waals surface area contributed by atoms with E-state index in [0.29, 0.717) is 31.4 Å². The fourth-order valence-corrected chi connectivity index (χ4v) is 1.60. The SMILES string of the molecule is C=C(C)C(=O)OCCCCCCS(=O)(=O)O.[LiH]. The molecule has 0 radical (unpaired) electrons. The van der Waals surface area contributed by atoms with Crippen molar-refractivity contribution < 1.29 is 22.5 Å². The van der Waals surface area contributed by atoms with Crippen molar-refractivity contribution in [2.24, 2.45) is 0 Å². The summed E-state index contributed by atoms with van der Waals surface area (Å²) < 4.78 is 34.0. The third-order valence-corrected chi connectivity index (χ3v) is 2.68. The molecule has 0 atom stereocenters. The average molecular weight is 258 g/mol. The molecular formula is C10H19LiO5S. The van der Waals surface area contributed by atoms with Gasteiger partial charge in [-0.1, -0.05) is 19.4 Å². The summed E-state index contributed by atoms with van der Waals surface area (Å²) in [6.07, 6.45) is 2.56. The monoisotopic (exact) mass is 258 g/mol. The zero-order valence-electron chi connectivity index (χ0n) is 9.44. The minimum atomic E-state index is -3.84. The van der Waals surface area contributed by atoms with Crippen LogP contribution in [0.2, 0.25) is 0 Å². The summed E-state index contributed by atoms with van der Waals surface area (Å²) in [4.78, 5) is 10.9. The molecule has 96 valence electrons. The standard InChI is InChI=1S/C10H18O5S.Li.H/c1-9(2)10(11)15-7-5-3-4-6-8-16(12,13)14;;/h1,3-8H2,2H3,(H,12,13,14);;. The molecule has 0 bridgehead atoms. The first-order valence-corrected chi connectivity index (χ1v) is 6.71. The molecule has 17 heavy (non-hydrogen) atoms. The van der Waals surface area contributed by atoms with Gasteiger partial charge in [-0.05, 0) is 19.8 Å². The normalized spacial score (nSPS) is 10.5. The molecule has 0 heterocycles. The van der Waals surface area contributed by atoms with Gasteiger partial charge in [0.1, 0.15) is 0 Å². The van der Waals surface area contributed by atoms with Gasteiger partial charge in [0.25, 0.3) is 10.1 Å². The van der Waals surface area contributed by atoms with Crippen LogP contribution in [0.15, 0.2) is 12.2 Å². The predicted molar refractivity (Wildman–Crippen MR) is 67.8 cm³/mol. The molecule has 0 amide bonds. The molecule has 1 N–H and O–H groups in total. The van der Waals surface area contributed by atoms with Gasteiger partial charge in [-0.2, -0.15) is 8.42 Å². The van der Waals surface area contributed by atoms with Crippen LogP contribution in [0.4, 0.5) is 0 Å². The van der Waals surface area contributed by atoms with Crippen molar-refractivity contribution in [1.29, 1.82) is 0 Å². The van der Waals surface area contributed by atoms with Gasteiger partial charge in [0, 0.05) is 5.57 Å². The van der Waals surface area contributed by atoms with Crippen LogP contribution >= 0.6 is 0 Å². The van der Waals surface area contributed by atoms with Crippen molar-refractivity contribution in [3.8, 4) is 0 Å². The Bertz CT molecular complexity index is 337. The Morgan fingerprint density at radius 2 is 1.76 bits per heavy atom. The van der Waals surface area contributed by atoms with Crippen molar-refractivity contribution in [3.05, 3.63) is 12.2 Å². The number of carbonyl (C=O) groups is 1. The van der Waals surface area contributed by atoms with Crippen LogP contribution in [0, 0.1) is 0 Å². The summed E-state index contributed by atoms with van der Waals surface area (Å²) in [5.74, 6) is -0.614. The molecule has 0 aromatic carbocycles. The fourth-order valence-electron chi connectivity index (χ4n) is 1.03. The van der Waals surface area contributed by atoms with E-state index in [1.165, 1.54) is 0 Å². The van der Waals surface area contributed by atoms with Crippen molar-refractivity contribution >= 4 is 34.9 Å². The number of hydrogen-bond donors (Lipinski definition) is 1. The van der Waals surface area contributed by atoms with Gasteiger partial charge in [0.2, 0.25) is 0 Å². The van der Waals surface area contributed by atoms with E-state index in [4.69, 9.17) is 9.29 Å². The van der Waals surface area contributed by atoms with Gasteiger partial charge in [-0.3, -0.25) is 4.55 Å². The quantitative estimate of drug-likeness (QED) is 0.230. The molecule has 0 unspecified atom stereocenters. The van der Waals surface area contributed by atoms with Crippen molar-refractivity contribution in [2.45, 2.75) is 32.6 Å². The third kappa shape index (κ3) is 13.7. The molecule has 0 aliphatic rings. The van der Waals surface area contributed by atoms with E-state index in [2.05, 4.69) is 6.58 Å². The van der Waals surface area contributed by atoms with Gasteiger partial charge >= 0.3 is 24.8 Å². The number of hydrogen-bond acceptors (Lipinski definition) is 4. The summed E-state index contributed by atoms with van der Waals surface area (Å²) in [6.45, 7) is 5.34. The average Bonchev–Trinajstić information content (AvgIpc) is 2.14. The molecule has 0 aromatic rings. The third-order valence-electron chi connectivity index (χ3n) is 1.88. The van der Waals surface area contributed by atoms with Crippen LogP contribution in [-0.4, -0.2) is 50.2 Å². The van der Waals surface area contributed by atoms with Gasteiger partial charge in [-0.25, -0.2) is 4.79 Å². The summed E-state index contributed by atoms with van der Waals surface area (Å²) >= 11 is 0.